The summed E-state index contributed by atoms with van der Waals surface area (Å²) in [6, 6.07) is 7.87. The average molecular weight is 324 g/mol. The van der Waals surface area contributed by atoms with E-state index in [0.717, 1.165) is 28.2 Å². The zero-order valence-electron chi connectivity index (χ0n) is 11.2. The molecular formula is C15H18BrNO2. The fourth-order valence-electron chi connectivity index (χ4n) is 2.29. The van der Waals surface area contributed by atoms with Crippen molar-refractivity contribution in [3.63, 3.8) is 0 Å². The standard InChI is InChI=1S/C15H18BrNO2/c1-3-5-14(15(18)19-4-2)17-9-8-11-10-12(16)6-7-13(11)17/h6-10,14H,3-5H2,1-2H3. The number of hydrogen-bond acceptors (Lipinski definition) is 2. The predicted octanol–water partition coefficient (Wildman–Crippen LogP) is 4.31. The predicted molar refractivity (Wildman–Crippen MR) is 80.2 cm³/mol. The van der Waals surface area contributed by atoms with Gasteiger partial charge in [-0.1, -0.05) is 29.3 Å². The Kier molecular flexibility index (Phi) is 4.64. The molecule has 0 fully saturated rings. The minimum absolute atomic E-state index is 0.148. The van der Waals surface area contributed by atoms with Gasteiger partial charge in [0.05, 0.1) is 6.61 Å². The molecule has 3 nitrogen and oxygen atoms in total. The Bertz CT molecular complexity index is 577. The van der Waals surface area contributed by atoms with Gasteiger partial charge in [-0.2, -0.15) is 0 Å². The van der Waals surface area contributed by atoms with Crippen molar-refractivity contribution in [3.8, 4) is 0 Å². The summed E-state index contributed by atoms with van der Waals surface area (Å²) in [6.45, 7) is 4.34. The summed E-state index contributed by atoms with van der Waals surface area (Å²) < 4.78 is 8.24. The van der Waals surface area contributed by atoms with Gasteiger partial charge in [-0.3, -0.25) is 0 Å². The molecule has 0 aliphatic rings. The molecule has 1 unspecified atom stereocenters. The first-order valence-corrected chi connectivity index (χ1v) is 7.39. The first-order chi connectivity index (χ1) is 9.17. The fourth-order valence-corrected chi connectivity index (χ4v) is 2.67. The van der Waals surface area contributed by atoms with Crippen LogP contribution in [-0.4, -0.2) is 17.1 Å². The van der Waals surface area contributed by atoms with Gasteiger partial charge in [0, 0.05) is 21.6 Å². The maximum absolute atomic E-state index is 12.1. The summed E-state index contributed by atoms with van der Waals surface area (Å²) in [5.41, 5.74) is 1.06. The van der Waals surface area contributed by atoms with Crippen molar-refractivity contribution in [2.45, 2.75) is 32.7 Å². The topological polar surface area (TPSA) is 31.2 Å². The monoisotopic (exact) mass is 323 g/mol. The van der Waals surface area contributed by atoms with E-state index in [9.17, 15) is 4.79 Å². The maximum Gasteiger partial charge on any atom is 0.329 e. The van der Waals surface area contributed by atoms with Crippen molar-refractivity contribution in [3.05, 3.63) is 34.9 Å². The number of carbonyl (C=O) groups is 1. The zero-order chi connectivity index (χ0) is 13.8. The number of rotatable bonds is 5. The maximum atomic E-state index is 12.1. The van der Waals surface area contributed by atoms with Crippen LogP contribution in [0.25, 0.3) is 10.9 Å². The van der Waals surface area contributed by atoms with Gasteiger partial charge in [0.2, 0.25) is 0 Å². The molecule has 0 radical (unpaired) electrons. The Balaban J connectivity index is 2.41. The quantitative estimate of drug-likeness (QED) is 0.768. The number of esters is 1. The molecule has 1 heterocycles. The lowest BCUT2D eigenvalue weighted by molar-refractivity contribution is -0.147. The van der Waals surface area contributed by atoms with Crippen molar-refractivity contribution in [2.75, 3.05) is 6.61 Å². The van der Waals surface area contributed by atoms with Gasteiger partial charge in [0.15, 0.2) is 0 Å². The second-order valence-electron chi connectivity index (χ2n) is 4.48. The summed E-state index contributed by atoms with van der Waals surface area (Å²) in [5, 5.41) is 1.12. The molecule has 0 spiro atoms. The number of ether oxygens (including phenoxy) is 1. The highest BCUT2D eigenvalue weighted by atomic mass is 79.9. The first-order valence-electron chi connectivity index (χ1n) is 6.60. The highest BCUT2D eigenvalue weighted by Crippen LogP contribution is 2.26. The third-order valence-electron chi connectivity index (χ3n) is 3.14. The molecule has 2 aromatic rings. The van der Waals surface area contributed by atoms with Crippen molar-refractivity contribution in [2.24, 2.45) is 0 Å². The highest BCUT2D eigenvalue weighted by molar-refractivity contribution is 9.10. The number of carbonyl (C=O) groups excluding carboxylic acids is 1. The van der Waals surface area contributed by atoms with Crippen LogP contribution < -0.4 is 0 Å². The Morgan fingerprint density at radius 2 is 2.16 bits per heavy atom. The summed E-state index contributed by atoms with van der Waals surface area (Å²) >= 11 is 3.46. The van der Waals surface area contributed by atoms with E-state index in [-0.39, 0.29) is 12.0 Å². The number of fused-ring (bicyclic) bond motifs is 1. The van der Waals surface area contributed by atoms with E-state index < -0.39 is 0 Å². The third kappa shape index (κ3) is 3.00. The van der Waals surface area contributed by atoms with Crippen LogP contribution in [0.5, 0.6) is 0 Å². The Morgan fingerprint density at radius 1 is 1.37 bits per heavy atom. The first kappa shape index (κ1) is 14.1. The van der Waals surface area contributed by atoms with Crippen LogP contribution in [0.4, 0.5) is 0 Å². The number of hydrogen-bond donors (Lipinski definition) is 0. The number of aromatic nitrogens is 1. The molecular weight excluding hydrogens is 306 g/mol. The molecule has 0 aliphatic carbocycles. The van der Waals surface area contributed by atoms with Gasteiger partial charge < -0.3 is 9.30 Å². The van der Waals surface area contributed by atoms with Crippen LogP contribution in [0.1, 0.15) is 32.7 Å². The van der Waals surface area contributed by atoms with Crippen molar-refractivity contribution in [1.29, 1.82) is 0 Å². The molecule has 0 aliphatic heterocycles. The largest absolute Gasteiger partial charge is 0.464 e. The molecule has 0 amide bonds. The minimum Gasteiger partial charge on any atom is -0.464 e. The van der Waals surface area contributed by atoms with Gasteiger partial charge >= 0.3 is 5.97 Å². The summed E-state index contributed by atoms with van der Waals surface area (Å²) in [7, 11) is 0. The van der Waals surface area contributed by atoms with Crippen LogP contribution in [0.3, 0.4) is 0 Å². The van der Waals surface area contributed by atoms with Crippen LogP contribution in [0, 0.1) is 0 Å². The zero-order valence-corrected chi connectivity index (χ0v) is 12.8. The summed E-state index contributed by atoms with van der Waals surface area (Å²) in [4.78, 5) is 12.1. The van der Waals surface area contributed by atoms with Gasteiger partial charge in [0.1, 0.15) is 6.04 Å². The van der Waals surface area contributed by atoms with Gasteiger partial charge in [0.25, 0.3) is 0 Å². The minimum atomic E-state index is -0.233. The second-order valence-corrected chi connectivity index (χ2v) is 5.40. The lowest BCUT2D eigenvalue weighted by atomic mass is 10.1. The normalized spacial score (nSPS) is 12.6. The third-order valence-corrected chi connectivity index (χ3v) is 3.63. The van der Waals surface area contributed by atoms with Crippen LogP contribution >= 0.6 is 15.9 Å². The van der Waals surface area contributed by atoms with Gasteiger partial charge in [-0.15, -0.1) is 0 Å². The molecule has 1 aromatic heterocycles. The highest BCUT2D eigenvalue weighted by Gasteiger charge is 2.21. The van der Waals surface area contributed by atoms with Crippen LogP contribution in [0.15, 0.2) is 34.9 Å². The Labute approximate surface area is 121 Å². The number of nitrogens with zero attached hydrogens (tertiary/aromatic N) is 1. The average Bonchev–Trinajstić information content (AvgIpc) is 2.78. The molecule has 1 atom stereocenters. The Hall–Kier alpha value is -1.29. The number of halogens is 1. The van der Waals surface area contributed by atoms with Crippen LogP contribution in [0.2, 0.25) is 0 Å². The van der Waals surface area contributed by atoms with E-state index in [4.69, 9.17) is 4.74 Å². The lowest BCUT2D eigenvalue weighted by Crippen LogP contribution is -2.21. The molecule has 19 heavy (non-hydrogen) atoms. The second kappa shape index (κ2) is 6.24. The Morgan fingerprint density at radius 3 is 2.84 bits per heavy atom. The summed E-state index contributed by atoms with van der Waals surface area (Å²) in [6.07, 6.45) is 3.70. The molecule has 0 N–H and O–H groups in total. The van der Waals surface area contributed by atoms with Crippen molar-refractivity contribution >= 4 is 32.8 Å². The fraction of sp³-hybridized carbons (Fsp3) is 0.400. The van der Waals surface area contributed by atoms with E-state index in [1.165, 1.54) is 0 Å². The molecule has 2 rings (SSSR count). The van der Waals surface area contributed by atoms with E-state index in [1.807, 2.05) is 35.9 Å². The smallest absolute Gasteiger partial charge is 0.329 e. The lowest BCUT2D eigenvalue weighted by Gasteiger charge is -2.18. The molecule has 4 heteroatoms. The SMILES string of the molecule is CCCC(C(=O)OCC)n1ccc2cc(Br)ccc21. The summed E-state index contributed by atoms with van der Waals surface area (Å²) in [5.74, 6) is -0.148. The van der Waals surface area contributed by atoms with E-state index in [2.05, 4.69) is 28.9 Å². The molecule has 1 aromatic carbocycles. The van der Waals surface area contributed by atoms with E-state index >= 15 is 0 Å². The van der Waals surface area contributed by atoms with E-state index in [1.54, 1.807) is 0 Å². The molecule has 102 valence electrons. The molecule has 0 saturated heterocycles. The molecule has 0 bridgehead atoms. The van der Waals surface area contributed by atoms with Crippen LogP contribution in [-0.2, 0) is 9.53 Å². The molecule has 0 saturated carbocycles. The van der Waals surface area contributed by atoms with Gasteiger partial charge in [-0.25, -0.2) is 4.79 Å². The van der Waals surface area contributed by atoms with Crippen molar-refractivity contribution in [1.82, 2.24) is 4.57 Å². The van der Waals surface area contributed by atoms with Gasteiger partial charge in [-0.05, 0) is 37.6 Å². The van der Waals surface area contributed by atoms with E-state index in [0.29, 0.717) is 6.61 Å². The number of benzene rings is 1. The van der Waals surface area contributed by atoms with Crippen molar-refractivity contribution < 1.29 is 9.53 Å².